The molecule has 0 saturated heterocycles. The van der Waals surface area contributed by atoms with Gasteiger partial charge in [0.2, 0.25) is 0 Å². The lowest BCUT2D eigenvalue weighted by atomic mass is 10.0. The first-order valence-electron chi connectivity index (χ1n) is 5.62. The van der Waals surface area contributed by atoms with Crippen molar-refractivity contribution in [2.45, 2.75) is 33.1 Å². The molecular formula is C13H19ClO. The van der Waals surface area contributed by atoms with Crippen molar-refractivity contribution in [3.63, 3.8) is 0 Å². The summed E-state index contributed by atoms with van der Waals surface area (Å²) in [4.78, 5) is 0. The molecule has 0 aromatic heterocycles. The second-order valence-electron chi connectivity index (χ2n) is 3.52. The van der Waals surface area contributed by atoms with Crippen LogP contribution in [0.5, 0.6) is 5.75 Å². The first-order chi connectivity index (χ1) is 7.31. The molecule has 0 heterocycles. The first kappa shape index (κ1) is 12.4. The second-order valence-corrected chi connectivity index (χ2v) is 3.90. The molecular weight excluding hydrogens is 208 g/mol. The van der Waals surface area contributed by atoms with Gasteiger partial charge >= 0.3 is 0 Å². The van der Waals surface area contributed by atoms with Crippen molar-refractivity contribution in [2.75, 3.05) is 12.5 Å². The van der Waals surface area contributed by atoms with Crippen LogP contribution < -0.4 is 4.74 Å². The van der Waals surface area contributed by atoms with E-state index in [1.54, 1.807) is 0 Å². The van der Waals surface area contributed by atoms with Gasteiger partial charge in [0.15, 0.2) is 0 Å². The smallest absolute Gasteiger partial charge is 0.122 e. The van der Waals surface area contributed by atoms with Crippen LogP contribution in [0.25, 0.3) is 0 Å². The van der Waals surface area contributed by atoms with Crippen molar-refractivity contribution >= 4 is 11.6 Å². The van der Waals surface area contributed by atoms with Crippen LogP contribution in [0.15, 0.2) is 18.2 Å². The van der Waals surface area contributed by atoms with E-state index in [0.29, 0.717) is 5.88 Å². The Hall–Kier alpha value is -0.690. The van der Waals surface area contributed by atoms with E-state index in [9.17, 15) is 0 Å². The third-order valence-corrected chi connectivity index (χ3v) is 2.69. The van der Waals surface area contributed by atoms with E-state index in [1.165, 1.54) is 11.1 Å². The van der Waals surface area contributed by atoms with Crippen LogP contribution in [0.3, 0.4) is 0 Å². The van der Waals surface area contributed by atoms with Gasteiger partial charge < -0.3 is 4.74 Å². The van der Waals surface area contributed by atoms with Crippen LogP contribution in [-0.4, -0.2) is 12.5 Å². The lowest BCUT2D eigenvalue weighted by molar-refractivity contribution is 0.336. The van der Waals surface area contributed by atoms with Crippen molar-refractivity contribution in [1.29, 1.82) is 0 Å². The van der Waals surface area contributed by atoms with E-state index in [4.69, 9.17) is 16.3 Å². The van der Waals surface area contributed by atoms with Gasteiger partial charge in [-0.05, 0) is 43.4 Å². The number of aryl methyl sites for hydroxylation is 2. The standard InChI is InChI=1S/C13H19ClO/c1-3-11-7-8-12(6-5-9-14)13(10-11)15-4-2/h7-8,10H,3-6,9H2,1-2H3. The van der Waals surface area contributed by atoms with Crippen molar-refractivity contribution < 1.29 is 4.74 Å². The van der Waals surface area contributed by atoms with Gasteiger partial charge in [0.25, 0.3) is 0 Å². The minimum atomic E-state index is 0.709. The Kier molecular flexibility index (Phi) is 5.56. The fourth-order valence-electron chi connectivity index (χ4n) is 1.57. The zero-order chi connectivity index (χ0) is 11.1. The highest BCUT2D eigenvalue weighted by Gasteiger charge is 2.04. The quantitative estimate of drug-likeness (QED) is 0.671. The van der Waals surface area contributed by atoms with Crippen molar-refractivity contribution in [2.24, 2.45) is 0 Å². The molecule has 0 aliphatic heterocycles. The first-order valence-corrected chi connectivity index (χ1v) is 6.15. The summed E-state index contributed by atoms with van der Waals surface area (Å²) >= 11 is 5.70. The van der Waals surface area contributed by atoms with Crippen LogP contribution >= 0.6 is 11.6 Å². The fraction of sp³-hybridized carbons (Fsp3) is 0.538. The number of rotatable bonds is 6. The topological polar surface area (TPSA) is 9.23 Å². The highest BCUT2D eigenvalue weighted by molar-refractivity contribution is 6.17. The summed E-state index contributed by atoms with van der Waals surface area (Å²) in [5, 5.41) is 0. The van der Waals surface area contributed by atoms with Gasteiger partial charge in [0.1, 0.15) is 5.75 Å². The Balaban J connectivity index is 2.82. The van der Waals surface area contributed by atoms with Crippen molar-refractivity contribution in [3.05, 3.63) is 29.3 Å². The molecule has 0 radical (unpaired) electrons. The van der Waals surface area contributed by atoms with Gasteiger partial charge in [-0.2, -0.15) is 0 Å². The van der Waals surface area contributed by atoms with E-state index in [0.717, 1.165) is 31.6 Å². The molecule has 0 amide bonds. The summed E-state index contributed by atoms with van der Waals surface area (Å²) in [5.41, 5.74) is 2.60. The lowest BCUT2D eigenvalue weighted by Crippen LogP contribution is -1.98. The summed E-state index contributed by atoms with van der Waals surface area (Å²) in [5.74, 6) is 1.74. The van der Waals surface area contributed by atoms with Gasteiger partial charge in [0, 0.05) is 5.88 Å². The van der Waals surface area contributed by atoms with Crippen LogP contribution in [-0.2, 0) is 12.8 Å². The maximum absolute atomic E-state index is 5.70. The SMILES string of the molecule is CCOc1cc(CC)ccc1CCCCl. The molecule has 0 saturated carbocycles. The summed E-state index contributed by atoms with van der Waals surface area (Å²) in [6.45, 7) is 4.90. The van der Waals surface area contributed by atoms with Gasteiger partial charge in [-0.3, -0.25) is 0 Å². The molecule has 0 spiro atoms. The van der Waals surface area contributed by atoms with E-state index < -0.39 is 0 Å². The average molecular weight is 227 g/mol. The molecule has 0 bridgehead atoms. The number of hydrogen-bond donors (Lipinski definition) is 0. The minimum Gasteiger partial charge on any atom is -0.494 e. The van der Waals surface area contributed by atoms with Gasteiger partial charge in [-0.1, -0.05) is 19.1 Å². The van der Waals surface area contributed by atoms with Crippen LogP contribution in [0.4, 0.5) is 0 Å². The molecule has 0 aliphatic rings. The Labute approximate surface area is 97.4 Å². The fourth-order valence-corrected chi connectivity index (χ4v) is 1.71. The Morgan fingerprint density at radius 1 is 1.27 bits per heavy atom. The van der Waals surface area contributed by atoms with Crippen LogP contribution in [0.1, 0.15) is 31.4 Å². The highest BCUT2D eigenvalue weighted by atomic mass is 35.5. The molecule has 0 unspecified atom stereocenters. The van der Waals surface area contributed by atoms with E-state index in [1.807, 2.05) is 6.92 Å². The van der Waals surface area contributed by atoms with Gasteiger partial charge in [0.05, 0.1) is 6.61 Å². The molecule has 1 nitrogen and oxygen atoms in total. The molecule has 1 aromatic rings. The van der Waals surface area contributed by atoms with Crippen molar-refractivity contribution in [1.82, 2.24) is 0 Å². The number of hydrogen-bond acceptors (Lipinski definition) is 1. The molecule has 1 aromatic carbocycles. The van der Waals surface area contributed by atoms with Gasteiger partial charge in [-0.25, -0.2) is 0 Å². The molecule has 84 valence electrons. The predicted molar refractivity (Wildman–Crippen MR) is 66.0 cm³/mol. The minimum absolute atomic E-state index is 0.709. The molecule has 0 atom stereocenters. The average Bonchev–Trinajstić information content (AvgIpc) is 2.27. The van der Waals surface area contributed by atoms with E-state index >= 15 is 0 Å². The predicted octanol–water partition coefficient (Wildman–Crippen LogP) is 3.82. The maximum atomic E-state index is 5.70. The maximum Gasteiger partial charge on any atom is 0.122 e. The summed E-state index contributed by atoms with van der Waals surface area (Å²) in [7, 11) is 0. The number of ether oxygens (including phenoxy) is 1. The highest BCUT2D eigenvalue weighted by Crippen LogP contribution is 2.22. The molecule has 0 aliphatic carbocycles. The van der Waals surface area contributed by atoms with E-state index in [2.05, 4.69) is 25.1 Å². The van der Waals surface area contributed by atoms with Gasteiger partial charge in [-0.15, -0.1) is 11.6 Å². The Bertz CT molecular complexity index is 297. The molecule has 0 fully saturated rings. The molecule has 1 rings (SSSR count). The Morgan fingerprint density at radius 3 is 2.67 bits per heavy atom. The largest absolute Gasteiger partial charge is 0.494 e. The number of alkyl halides is 1. The summed E-state index contributed by atoms with van der Waals surface area (Å²) in [6.07, 6.45) is 3.06. The number of benzene rings is 1. The third kappa shape index (κ3) is 3.75. The second kappa shape index (κ2) is 6.73. The summed E-state index contributed by atoms with van der Waals surface area (Å²) < 4.78 is 5.63. The lowest BCUT2D eigenvalue weighted by Gasteiger charge is -2.11. The van der Waals surface area contributed by atoms with Crippen LogP contribution in [0.2, 0.25) is 0 Å². The van der Waals surface area contributed by atoms with E-state index in [-0.39, 0.29) is 0 Å². The Morgan fingerprint density at radius 2 is 2.07 bits per heavy atom. The molecule has 15 heavy (non-hydrogen) atoms. The number of halogens is 1. The molecule has 0 N–H and O–H groups in total. The summed E-state index contributed by atoms with van der Waals surface area (Å²) in [6, 6.07) is 6.48. The monoisotopic (exact) mass is 226 g/mol. The zero-order valence-corrected chi connectivity index (χ0v) is 10.3. The third-order valence-electron chi connectivity index (χ3n) is 2.42. The van der Waals surface area contributed by atoms with Crippen molar-refractivity contribution in [3.8, 4) is 5.75 Å². The van der Waals surface area contributed by atoms with Crippen LogP contribution in [0, 0.1) is 0 Å². The molecule has 2 heteroatoms. The normalized spacial score (nSPS) is 10.3. The zero-order valence-electron chi connectivity index (χ0n) is 9.55.